The molecule has 4 nitrogen and oxygen atoms in total. The molecule has 0 radical (unpaired) electrons. The third-order valence-electron chi connectivity index (χ3n) is 2.70. The van der Waals surface area contributed by atoms with Crippen LogP contribution in [0.15, 0.2) is 42.5 Å². The highest BCUT2D eigenvalue weighted by Gasteiger charge is 2.11. The largest absolute Gasteiger partial charge is 0.456 e. The van der Waals surface area contributed by atoms with Gasteiger partial charge in [0.25, 0.3) is 5.91 Å². The van der Waals surface area contributed by atoms with Crippen molar-refractivity contribution >= 4 is 23.3 Å². The van der Waals surface area contributed by atoms with E-state index in [2.05, 4.69) is 0 Å². The highest BCUT2D eigenvalue weighted by Crippen LogP contribution is 2.29. The van der Waals surface area contributed by atoms with Gasteiger partial charge in [0.1, 0.15) is 11.5 Å². The van der Waals surface area contributed by atoms with Crippen LogP contribution in [0.1, 0.15) is 27.6 Å². The van der Waals surface area contributed by atoms with Crippen molar-refractivity contribution in [3.63, 3.8) is 0 Å². The normalized spacial score (nSPS) is 10.1. The van der Waals surface area contributed by atoms with E-state index in [1.54, 1.807) is 36.4 Å². The lowest BCUT2D eigenvalue weighted by Gasteiger charge is -2.10. The molecule has 0 unspecified atom stereocenters. The fraction of sp³-hybridized carbons (Fsp3) is 0.0667. The molecule has 1 amide bonds. The summed E-state index contributed by atoms with van der Waals surface area (Å²) in [4.78, 5) is 22.6. The Balaban J connectivity index is 2.34. The summed E-state index contributed by atoms with van der Waals surface area (Å²) in [6.07, 6.45) is 0. The van der Waals surface area contributed by atoms with E-state index in [1.165, 1.54) is 13.0 Å². The third-order valence-corrected chi connectivity index (χ3v) is 3.01. The zero-order valence-corrected chi connectivity index (χ0v) is 11.5. The summed E-state index contributed by atoms with van der Waals surface area (Å²) in [5.41, 5.74) is 5.97. The number of hydrogen-bond donors (Lipinski definition) is 1. The van der Waals surface area contributed by atoms with Gasteiger partial charge in [0.15, 0.2) is 5.78 Å². The van der Waals surface area contributed by atoms with Gasteiger partial charge in [-0.2, -0.15) is 0 Å². The quantitative estimate of drug-likeness (QED) is 0.877. The number of primary amides is 1. The monoisotopic (exact) mass is 289 g/mol. The number of carbonyl (C=O) groups is 2. The maximum absolute atomic E-state index is 11.3. The molecule has 0 atom stereocenters. The number of rotatable bonds is 4. The second kappa shape index (κ2) is 5.75. The lowest BCUT2D eigenvalue weighted by Crippen LogP contribution is -2.12. The van der Waals surface area contributed by atoms with Crippen molar-refractivity contribution in [2.45, 2.75) is 6.92 Å². The number of amides is 1. The van der Waals surface area contributed by atoms with Crippen molar-refractivity contribution < 1.29 is 14.3 Å². The molecule has 0 saturated carbocycles. The van der Waals surface area contributed by atoms with Crippen LogP contribution in [0.5, 0.6) is 11.5 Å². The zero-order chi connectivity index (χ0) is 14.7. The fourth-order valence-corrected chi connectivity index (χ4v) is 2.03. The first-order chi connectivity index (χ1) is 9.49. The number of carbonyl (C=O) groups excluding carboxylic acids is 2. The molecule has 102 valence electrons. The maximum Gasteiger partial charge on any atom is 0.252 e. The van der Waals surface area contributed by atoms with Gasteiger partial charge >= 0.3 is 0 Å². The standard InChI is InChI=1S/C15H12ClNO3/c1-9(18)11-7-6-10(8-13(11)16)20-14-5-3-2-4-12(14)15(17)19/h2-8H,1H3,(H2,17,19). The second-order valence-corrected chi connectivity index (χ2v) is 4.57. The van der Waals surface area contributed by atoms with E-state index in [1.807, 2.05) is 0 Å². The van der Waals surface area contributed by atoms with Gasteiger partial charge in [-0.1, -0.05) is 23.7 Å². The third kappa shape index (κ3) is 2.97. The first-order valence-corrected chi connectivity index (χ1v) is 6.24. The highest BCUT2D eigenvalue weighted by atomic mass is 35.5. The number of ketones is 1. The molecule has 0 fully saturated rings. The van der Waals surface area contributed by atoms with Crippen LogP contribution in [-0.4, -0.2) is 11.7 Å². The summed E-state index contributed by atoms with van der Waals surface area (Å²) in [6.45, 7) is 1.43. The van der Waals surface area contributed by atoms with Gasteiger partial charge < -0.3 is 10.5 Å². The van der Waals surface area contributed by atoms with Crippen molar-refractivity contribution in [1.29, 1.82) is 0 Å². The Morgan fingerprint density at radius 3 is 2.40 bits per heavy atom. The van der Waals surface area contributed by atoms with Crippen LogP contribution in [0.4, 0.5) is 0 Å². The van der Waals surface area contributed by atoms with E-state index in [9.17, 15) is 9.59 Å². The number of Topliss-reactive ketones (excluding diaryl/α,β-unsaturated/α-hetero) is 1. The number of ether oxygens (including phenoxy) is 1. The SMILES string of the molecule is CC(=O)c1ccc(Oc2ccccc2C(N)=O)cc1Cl. The highest BCUT2D eigenvalue weighted by molar-refractivity contribution is 6.34. The van der Waals surface area contributed by atoms with Crippen molar-refractivity contribution in [2.75, 3.05) is 0 Å². The van der Waals surface area contributed by atoms with Gasteiger partial charge in [-0.25, -0.2) is 0 Å². The van der Waals surface area contributed by atoms with Gasteiger partial charge in [0.05, 0.1) is 10.6 Å². The summed E-state index contributed by atoms with van der Waals surface area (Å²) >= 11 is 6.00. The summed E-state index contributed by atoms with van der Waals surface area (Å²) < 4.78 is 5.59. The minimum Gasteiger partial charge on any atom is -0.456 e. The van der Waals surface area contributed by atoms with Gasteiger partial charge in [-0.05, 0) is 31.2 Å². The van der Waals surface area contributed by atoms with E-state index < -0.39 is 5.91 Å². The Morgan fingerprint density at radius 1 is 1.10 bits per heavy atom. The van der Waals surface area contributed by atoms with Gasteiger partial charge in [-0.3, -0.25) is 9.59 Å². The second-order valence-electron chi connectivity index (χ2n) is 4.16. The lowest BCUT2D eigenvalue weighted by atomic mass is 10.1. The molecule has 0 heterocycles. The summed E-state index contributed by atoms with van der Waals surface area (Å²) in [6, 6.07) is 11.3. The van der Waals surface area contributed by atoms with E-state index in [0.29, 0.717) is 22.1 Å². The molecule has 2 aromatic carbocycles. The van der Waals surface area contributed by atoms with Crippen molar-refractivity contribution in [3.05, 3.63) is 58.6 Å². The van der Waals surface area contributed by atoms with Gasteiger partial charge in [0, 0.05) is 11.6 Å². The first-order valence-electron chi connectivity index (χ1n) is 5.86. The van der Waals surface area contributed by atoms with Gasteiger partial charge in [-0.15, -0.1) is 0 Å². The Bertz CT molecular complexity index is 683. The summed E-state index contributed by atoms with van der Waals surface area (Å²) in [5, 5.41) is 0.298. The van der Waals surface area contributed by atoms with Crippen LogP contribution in [-0.2, 0) is 0 Å². The van der Waals surface area contributed by atoms with E-state index in [4.69, 9.17) is 22.1 Å². The molecule has 0 saturated heterocycles. The molecule has 0 spiro atoms. The summed E-state index contributed by atoms with van der Waals surface area (Å²) in [5.74, 6) is 0.0616. The Kier molecular flexibility index (Phi) is 4.05. The number of benzene rings is 2. The number of halogens is 1. The number of para-hydroxylation sites is 1. The molecule has 0 aliphatic carbocycles. The molecule has 20 heavy (non-hydrogen) atoms. The minimum absolute atomic E-state index is 0.126. The molecule has 5 heteroatoms. The topological polar surface area (TPSA) is 69.4 Å². The molecule has 0 aliphatic heterocycles. The van der Waals surface area contributed by atoms with Crippen molar-refractivity contribution in [1.82, 2.24) is 0 Å². The average Bonchev–Trinajstić information content (AvgIpc) is 2.38. The van der Waals surface area contributed by atoms with Crippen LogP contribution in [0.3, 0.4) is 0 Å². The molecular weight excluding hydrogens is 278 g/mol. The molecule has 2 aromatic rings. The Labute approximate surface area is 121 Å². The average molecular weight is 290 g/mol. The Morgan fingerprint density at radius 2 is 1.80 bits per heavy atom. The Hall–Kier alpha value is -2.33. The maximum atomic E-state index is 11.3. The predicted molar refractivity (Wildman–Crippen MR) is 76.5 cm³/mol. The number of nitrogens with two attached hydrogens (primary N) is 1. The van der Waals surface area contributed by atoms with Gasteiger partial charge in [0.2, 0.25) is 0 Å². The fourth-order valence-electron chi connectivity index (χ4n) is 1.73. The molecule has 0 aliphatic rings. The van der Waals surface area contributed by atoms with Crippen LogP contribution in [0.25, 0.3) is 0 Å². The molecule has 0 aromatic heterocycles. The van der Waals surface area contributed by atoms with Crippen LogP contribution >= 0.6 is 11.6 Å². The minimum atomic E-state index is -0.577. The number of hydrogen-bond acceptors (Lipinski definition) is 3. The van der Waals surface area contributed by atoms with Crippen molar-refractivity contribution in [3.8, 4) is 11.5 Å². The molecule has 0 bridgehead atoms. The van der Waals surface area contributed by atoms with Crippen LogP contribution < -0.4 is 10.5 Å². The van der Waals surface area contributed by atoms with Crippen LogP contribution in [0, 0.1) is 0 Å². The van der Waals surface area contributed by atoms with E-state index in [0.717, 1.165) is 0 Å². The zero-order valence-electron chi connectivity index (χ0n) is 10.7. The predicted octanol–water partition coefficient (Wildman–Crippen LogP) is 3.43. The first kappa shape index (κ1) is 14.1. The van der Waals surface area contributed by atoms with E-state index >= 15 is 0 Å². The van der Waals surface area contributed by atoms with Crippen molar-refractivity contribution in [2.24, 2.45) is 5.73 Å². The smallest absolute Gasteiger partial charge is 0.252 e. The van der Waals surface area contributed by atoms with Crippen LogP contribution in [0.2, 0.25) is 5.02 Å². The van der Waals surface area contributed by atoms with E-state index in [-0.39, 0.29) is 11.3 Å². The summed E-state index contributed by atoms with van der Waals surface area (Å²) in [7, 11) is 0. The molecule has 2 N–H and O–H groups in total. The molecular formula is C15H12ClNO3. The molecule has 2 rings (SSSR count). The lowest BCUT2D eigenvalue weighted by molar-refractivity contribution is 0.0994.